The second-order valence-corrected chi connectivity index (χ2v) is 6.34. The minimum atomic E-state index is -0.265. The number of para-hydroxylation sites is 1. The van der Waals surface area contributed by atoms with Gasteiger partial charge in [0, 0.05) is 23.5 Å². The van der Waals surface area contributed by atoms with Crippen molar-refractivity contribution in [2.75, 3.05) is 24.9 Å². The normalized spacial score (nSPS) is 10.3. The van der Waals surface area contributed by atoms with Crippen LogP contribution in [0.1, 0.15) is 21.5 Å². The highest BCUT2D eigenvalue weighted by molar-refractivity contribution is 6.05. The van der Waals surface area contributed by atoms with Crippen LogP contribution >= 0.6 is 0 Å². The first kappa shape index (κ1) is 19.2. The molecule has 144 valence electrons. The number of carbonyl (C=O) groups is 1. The summed E-state index contributed by atoms with van der Waals surface area (Å²) in [7, 11) is 3.12. The summed E-state index contributed by atoms with van der Waals surface area (Å²) in [5.41, 5.74) is 4.22. The Bertz CT molecular complexity index is 982. The van der Waals surface area contributed by atoms with Crippen molar-refractivity contribution in [1.82, 2.24) is 4.98 Å². The maximum atomic E-state index is 12.8. The number of hydrogen-bond donors (Lipinski definition) is 2. The van der Waals surface area contributed by atoms with Crippen LogP contribution in [-0.2, 0) is 0 Å². The number of ether oxygens (including phenoxy) is 2. The maximum absolute atomic E-state index is 12.8. The lowest BCUT2D eigenvalue weighted by Crippen LogP contribution is -2.13. The topological polar surface area (TPSA) is 72.5 Å². The molecule has 0 unspecified atom stereocenters. The van der Waals surface area contributed by atoms with Crippen LogP contribution in [0.25, 0.3) is 0 Å². The molecule has 1 heterocycles. The van der Waals surface area contributed by atoms with E-state index < -0.39 is 0 Å². The molecule has 28 heavy (non-hydrogen) atoms. The van der Waals surface area contributed by atoms with Crippen molar-refractivity contribution in [2.24, 2.45) is 0 Å². The second kappa shape index (κ2) is 8.43. The van der Waals surface area contributed by atoms with Gasteiger partial charge >= 0.3 is 0 Å². The number of pyridine rings is 1. The fraction of sp³-hybridized carbons (Fsp3) is 0.182. The van der Waals surface area contributed by atoms with Crippen LogP contribution in [0.4, 0.5) is 17.2 Å². The molecule has 0 saturated carbocycles. The number of rotatable bonds is 6. The number of methoxy groups -OCH3 is 2. The van der Waals surface area contributed by atoms with Crippen LogP contribution in [0.2, 0.25) is 0 Å². The molecule has 0 aliphatic carbocycles. The molecule has 2 aromatic carbocycles. The van der Waals surface area contributed by atoms with Crippen LogP contribution in [0.5, 0.6) is 11.5 Å². The van der Waals surface area contributed by atoms with Crippen LogP contribution in [0.15, 0.2) is 54.7 Å². The van der Waals surface area contributed by atoms with Gasteiger partial charge in [0.05, 0.1) is 19.9 Å². The summed E-state index contributed by atoms with van der Waals surface area (Å²) in [6.45, 7) is 4.06. The van der Waals surface area contributed by atoms with Crippen LogP contribution in [0, 0.1) is 13.8 Å². The molecule has 0 spiro atoms. The summed E-state index contributed by atoms with van der Waals surface area (Å²) >= 11 is 0. The van der Waals surface area contributed by atoms with Crippen molar-refractivity contribution >= 4 is 23.1 Å². The molecule has 6 nitrogen and oxygen atoms in total. The van der Waals surface area contributed by atoms with E-state index in [0.717, 1.165) is 16.8 Å². The third kappa shape index (κ3) is 4.23. The highest BCUT2D eigenvalue weighted by Gasteiger charge is 2.12. The zero-order chi connectivity index (χ0) is 20.1. The number of nitrogens with zero attached hydrogens (tertiary/aromatic N) is 1. The van der Waals surface area contributed by atoms with Crippen molar-refractivity contribution in [3.05, 3.63) is 71.4 Å². The molecule has 0 aliphatic rings. The number of carbonyl (C=O) groups excluding carboxylic acids is 1. The van der Waals surface area contributed by atoms with E-state index in [1.165, 1.54) is 0 Å². The van der Waals surface area contributed by atoms with Gasteiger partial charge in [0.15, 0.2) is 0 Å². The van der Waals surface area contributed by atoms with Crippen molar-refractivity contribution in [1.29, 1.82) is 0 Å². The van der Waals surface area contributed by atoms with Crippen LogP contribution in [0.3, 0.4) is 0 Å². The zero-order valence-electron chi connectivity index (χ0n) is 16.4. The Kier molecular flexibility index (Phi) is 5.79. The Morgan fingerprint density at radius 2 is 1.71 bits per heavy atom. The van der Waals surface area contributed by atoms with Crippen LogP contribution < -0.4 is 20.1 Å². The fourth-order valence-corrected chi connectivity index (χ4v) is 2.89. The standard InChI is InChI=1S/C22H23N3O3/c1-14-6-5-7-15(2)21(14)25-20-12-16(10-11-23-20)22(26)24-18-13-17(27-3)8-9-19(18)28-4/h5-13H,1-4H3,(H,23,25)(H,24,26). The van der Waals surface area contributed by atoms with Crippen LogP contribution in [-0.4, -0.2) is 25.1 Å². The first-order valence-electron chi connectivity index (χ1n) is 8.84. The molecule has 1 aromatic heterocycles. The fourth-order valence-electron chi connectivity index (χ4n) is 2.89. The number of nitrogens with one attached hydrogen (secondary N) is 2. The van der Waals surface area contributed by atoms with Gasteiger partial charge < -0.3 is 20.1 Å². The lowest BCUT2D eigenvalue weighted by atomic mass is 10.1. The zero-order valence-corrected chi connectivity index (χ0v) is 16.4. The van der Waals surface area contributed by atoms with Crippen molar-refractivity contribution in [3.63, 3.8) is 0 Å². The van der Waals surface area contributed by atoms with E-state index >= 15 is 0 Å². The van der Waals surface area contributed by atoms with E-state index in [-0.39, 0.29) is 5.91 Å². The molecule has 6 heteroatoms. The Morgan fingerprint density at radius 1 is 0.964 bits per heavy atom. The molecule has 3 rings (SSSR count). The summed E-state index contributed by atoms with van der Waals surface area (Å²) in [4.78, 5) is 17.1. The molecule has 3 aromatic rings. The Balaban J connectivity index is 1.83. The van der Waals surface area contributed by atoms with Crippen molar-refractivity contribution in [3.8, 4) is 11.5 Å². The molecular formula is C22H23N3O3. The van der Waals surface area contributed by atoms with Crippen molar-refractivity contribution < 1.29 is 14.3 Å². The third-order valence-electron chi connectivity index (χ3n) is 4.41. The average molecular weight is 377 g/mol. The Morgan fingerprint density at radius 3 is 2.39 bits per heavy atom. The van der Waals surface area contributed by atoms with Gasteiger partial charge in [-0.25, -0.2) is 4.98 Å². The highest BCUT2D eigenvalue weighted by atomic mass is 16.5. The van der Waals surface area contributed by atoms with Gasteiger partial charge in [-0.05, 0) is 49.2 Å². The molecule has 0 radical (unpaired) electrons. The molecule has 2 N–H and O–H groups in total. The van der Waals surface area contributed by atoms with Gasteiger partial charge in [0.2, 0.25) is 0 Å². The number of benzene rings is 2. The quantitative estimate of drug-likeness (QED) is 0.651. The lowest BCUT2D eigenvalue weighted by Gasteiger charge is -2.14. The predicted octanol–water partition coefficient (Wildman–Crippen LogP) is 4.71. The molecular weight excluding hydrogens is 354 g/mol. The molecule has 0 bridgehead atoms. The molecule has 0 atom stereocenters. The number of aromatic nitrogens is 1. The second-order valence-electron chi connectivity index (χ2n) is 6.34. The Hall–Kier alpha value is -3.54. The van der Waals surface area contributed by atoms with Gasteiger partial charge in [-0.1, -0.05) is 18.2 Å². The largest absolute Gasteiger partial charge is 0.497 e. The lowest BCUT2D eigenvalue weighted by molar-refractivity contribution is 0.102. The summed E-state index contributed by atoms with van der Waals surface area (Å²) < 4.78 is 10.5. The Labute approximate surface area is 164 Å². The first-order chi connectivity index (χ1) is 13.5. The smallest absolute Gasteiger partial charge is 0.255 e. The number of hydrogen-bond acceptors (Lipinski definition) is 5. The van der Waals surface area contributed by atoms with E-state index in [1.54, 1.807) is 50.7 Å². The summed E-state index contributed by atoms with van der Waals surface area (Å²) in [5.74, 6) is 1.52. The van der Waals surface area contributed by atoms with Gasteiger partial charge in [0.1, 0.15) is 17.3 Å². The van der Waals surface area contributed by atoms with E-state index in [9.17, 15) is 4.79 Å². The maximum Gasteiger partial charge on any atom is 0.255 e. The monoisotopic (exact) mass is 377 g/mol. The average Bonchev–Trinajstić information content (AvgIpc) is 2.71. The third-order valence-corrected chi connectivity index (χ3v) is 4.41. The van der Waals surface area contributed by atoms with E-state index in [2.05, 4.69) is 15.6 Å². The number of amides is 1. The minimum absolute atomic E-state index is 0.265. The highest BCUT2D eigenvalue weighted by Crippen LogP contribution is 2.29. The van der Waals surface area contributed by atoms with Crippen molar-refractivity contribution in [2.45, 2.75) is 13.8 Å². The number of aryl methyl sites for hydroxylation is 2. The summed E-state index contributed by atoms with van der Waals surface area (Å²) in [6.07, 6.45) is 1.60. The van der Waals surface area contributed by atoms with Gasteiger partial charge in [-0.15, -0.1) is 0 Å². The summed E-state index contributed by atoms with van der Waals surface area (Å²) in [5, 5.41) is 6.17. The summed E-state index contributed by atoms with van der Waals surface area (Å²) in [6, 6.07) is 14.7. The molecule has 0 aliphatic heterocycles. The van der Waals surface area contributed by atoms with Gasteiger partial charge in [-0.2, -0.15) is 0 Å². The van der Waals surface area contributed by atoms with E-state index in [1.807, 2.05) is 32.0 Å². The van der Waals surface area contributed by atoms with E-state index in [4.69, 9.17) is 9.47 Å². The minimum Gasteiger partial charge on any atom is -0.497 e. The molecule has 0 saturated heterocycles. The number of anilines is 3. The predicted molar refractivity (Wildman–Crippen MR) is 111 cm³/mol. The van der Waals surface area contributed by atoms with Gasteiger partial charge in [-0.3, -0.25) is 4.79 Å². The molecule has 1 amide bonds. The SMILES string of the molecule is COc1ccc(OC)c(NC(=O)c2ccnc(Nc3c(C)cccc3C)c2)c1. The van der Waals surface area contributed by atoms with Gasteiger partial charge in [0.25, 0.3) is 5.91 Å². The molecule has 0 fully saturated rings. The first-order valence-corrected chi connectivity index (χ1v) is 8.84. The van der Waals surface area contributed by atoms with E-state index in [0.29, 0.717) is 28.6 Å².